The highest BCUT2D eigenvalue weighted by atomic mass is 35.5. The highest BCUT2D eigenvalue weighted by molar-refractivity contribution is 7.17. The molecule has 0 radical (unpaired) electrons. The van der Waals surface area contributed by atoms with Gasteiger partial charge in [0.15, 0.2) is 5.60 Å². The number of primary amides is 1. The van der Waals surface area contributed by atoms with E-state index in [1.807, 2.05) is 0 Å². The molecule has 3 amide bonds. The molecule has 0 saturated heterocycles. The van der Waals surface area contributed by atoms with E-state index in [1.165, 1.54) is 16.2 Å². The Morgan fingerprint density at radius 3 is 2.84 bits per heavy atom. The van der Waals surface area contributed by atoms with Gasteiger partial charge in [-0.25, -0.2) is 0 Å². The van der Waals surface area contributed by atoms with Gasteiger partial charge in [-0.3, -0.25) is 14.4 Å². The third-order valence-corrected chi connectivity index (χ3v) is 7.32. The molecule has 1 aromatic heterocycles. The molecule has 7 nitrogen and oxygen atoms in total. The molecule has 32 heavy (non-hydrogen) atoms. The number of nitrogens with zero attached hydrogens (tertiary/aromatic N) is 1. The van der Waals surface area contributed by atoms with Crippen molar-refractivity contribution >= 4 is 51.3 Å². The first-order chi connectivity index (χ1) is 15.1. The summed E-state index contributed by atoms with van der Waals surface area (Å²) in [5.74, 6) is 0.00259. The third kappa shape index (κ3) is 4.21. The maximum absolute atomic E-state index is 13.0. The van der Waals surface area contributed by atoms with Crippen molar-refractivity contribution in [2.45, 2.75) is 52.1 Å². The Labute approximate surface area is 195 Å². The summed E-state index contributed by atoms with van der Waals surface area (Å²) in [4.78, 5) is 40.5. The van der Waals surface area contributed by atoms with Crippen LogP contribution in [0.5, 0.6) is 5.75 Å². The lowest BCUT2D eigenvalue weighted by molar-refractivity contribution is -0.132. The Balaban J connectivity index is 1.52. The monoisotopic (exact) mass is 475 g/mol. The number of rotatable bonds is 5. The van der Waals surface area contributed by atoms with Gasteiger partial charge < -0.3 is 20.7 Å². The van der Waals surface area contributed by atoms with Gasteiger partial charge in [0.2, 0.25) is 5.91 Å². The summed E-state index contributed by atoms with van der Waals surface area (Å²) in [5.41, 5.74) is 6.50. The Bertz CT molecular complexity index is 1110. The lowest BCUT2D eigenvalue weighted by Gasteiger charge is -2.38. The van der Waals surface area contributed by atoms with Gasteiger partial charge in [-0.15, -0.1) is 11.3 Å². The number of thiophene rings is 1. The van der Waals surface area contributed by atoms with Crippen molar-refractivity contribution in [3.63, 3.8) is 0 Å². The number of benzene rings is 1. The number of hydrogen-bond donors (Lipinski definition) is 2. The molecule has 3 N–H and O–H groups in total. The summed E-state index contributed by atoms with van der Waals surface area (Å²) in [6, 6.07) is 5.07. The molecule has 0 fully saturated rings. The summed E-state index contributed by atoms with van der Waals surface area (Å²) < 4.78 is 5.82. The lowest BCUT2D eigenvalue weighted by atomic mass is 9.88. The fraction of sp³-hybridized carbons (Fsp3) is 0.435. The average molecular weight is 476 g/mol. The molecule has 9 heteroatoms. The van der Waals surface area contributed by atoms with E-state index in [2.05, 4.69) is 12.2 Å². The maximum atomic E-state index is 13.0. The highest BCUT2D eigenvalue weighted by Gasteiger charge is 2.41. The number of ether oxygens (including phenoxy) is 1. The first kappa shape index (κ1) is 22.6. The van der Waals surface area contributed by atoms with Gasteiger partial charge in [0, 0.05) is 22.9 Å². The van der Waals surface area contributed by atoms with Gasteiger partial charge in [-0.05, 0) is 62.8 Å². The second-order valence-corrected chi connectivity index (χ2v) is 10.4. The Morgan fingerprint density at radius 2 is 2.12 bits per heavy atom. The summed E-state index contributed by atoms with van der Waals surface area (Å²) >= 11 is 7.55. The molecule has 1 aliphatic carbocycles. The molecule has 2 aromatic rings. The average Bonchev–Trinajstić information content (AvgIpc) is 3.05. The number of fused-ring (bicyclic) bond motifs is 2. The molecule has 1 aromatic carbocycles. The fourth-order valence-corrected chi connectivity index (χ4v) is 5.86. The Morgan fingerprint density at radius 1 is 1.38 bits per heavy atom. The van der Waals surface area contributed by atoms with Crippen molar-refractivity contribution in [3.8, 4) is 5.75 Å². The van der Waals surface area contributed by atoms with Crippen LogP contribution in [-0.2, 0) is 22.4 Å². The number of anilines is 2. The van der Waals surface area contributed by atoms with Gasteiger partial charge in [-0.1, -0.05) is 18.5 Å². The van der Waals surface area contributed by atoms with E-state index in [0.717, 1.165) is 29.7 Å². The summed E-state index contributed by atoms with van der Waals surface area (Å²) in [6.45, 7) is 5.71. The van der Waals surface area contributed by atoms with E-state index < -0.39 is 11.5 Å². The quantitative estimate of drug-likeness (QED) is 0.677. The Kier molecular flexibility index (Phi) is 5.94. The van der Waals surface area contributed by atoms with Crippen LogP contribution in [0.25, 0.3) is 0 Å². The van der Waals surface area contributed by atoms with E-state index in [9.17, 15) is 14.4 Å². The summed E-state index contributed by atoms with van der Waals surface area (Å²) in [6.07, 6.45) is 2.71. The van der Waals surface area contributed by atoms with Crippen LogP contribution in [0.4, 0.5) is 10.7 Å². The van der Waals surface area contributed by atoms with E-state index in [-0.39, 0.29) is 24.8 Å². The standard InChI is InChI=1S/C23H26ClN3O4S/c1-12-4-6-14-17(10-12)32-21(19(14)20(25)29)26-18(28)8-9-27-15-11-13(24)5-7-16(15)31-23(2,3)22(27)30/h5,7,11-12H,4,6,8-10H2,1-3H3,(H2,25,29)(H,26,28). The molecular weight excluding hydrogens is 450 g/mol. The third-order valence-electron chi connectivity index (χ3n) is 5.91. The number of carbonyl (C=O) groups is 3. The number of hydrogen-bond acceptors (Lipinski definition) is 5. The minimum atomic E-state index is -1.06. The van der Waals surface area contributed by atoms with Crippen molar-refractivity contribution in [1.29, 1.82) is 0 Å². The minimum Gasteiger partial charge on any atom is -0.476 e. The maximum Gasteiger partial charge on any atom is 0.270 e. The number of nitrogens with two attached hydrogens (primary N) is 1. The Hall–Kier alpha value is -2.58. The molecule has 2 heterocycles. The van der Waals surface area contributed by atoms with Crippen molar-refractivity contribution < 1.29 is 19.1 Å². The normalized spacial score (nSPS) is 19.1. The van der Waals surface area contributed by atoms with Crippen LogP contribution in [0.3, 0.4) is 0 Å². The highest BCUT2D eigenvalue weighted by Crippen LogP contribution is 2.41. The molecule has 170 valence electrons. The number of carbonyl (C=O) groups excluding carboxylic acids is 3. The van der Waals surface area contributed by atoms with Crippen molar-refractivity contribution in [2.75, 3.05) is 16.8 Å². The van der Waals surface area contributed by atoms with Gasteiger partial charge in [0.05, 0.1) is 11.3 Å². The van der Waals surface area contributed by atoms with Crippen molar-refractivity contribution in [3.05, 3.63) is 39.2 Å². The van der Waals surface area contributed by atoms with Crippen LogP contribution >= 0.6 is 22.9 Å². The zero-order chi connectivity index (χ0) is 23.2. The predicted molar refractivity (Wildman–Crippen MR) is 126 cm³/mol. The van der Waals surface area contributed by atoms with Crippen LogP contribution in [-0.4, -0.2) is 29.9 Å². The van der Waals surface area contributed by atoms with E-state index in [1.54, 1.807) is 32.0 Å². The fourth-order valence-electron chi connectivity index (χ4n) is 4.26. The van der Waals surface area contributed by atoms with Crippen LogP contribution < -0.4 is 20.7 Å². The minimum absolute atomic E-state index is 0.0466. The molecular formula is C23H26ClN3O4S. The zero-order valence-electron chi connectivity index (χ0n) is 18.3. The van der Waals surface area contributed by atoms with Crippen LogP contribution in [0, 0.1) is 5.92 Å². The molecule has 1 aliphatic heterocycles. The molecule has 1 atom stereocenters. The summed E-state index contributed by atoms with van der Waals surface area (Å²) in [7, 11) is 0. The predicted octanol–water partition coefficient (Wildman–Crippen LogP) is 4.16. The zero-order valence-corrected chi connectivity index (χ0v) is 19.9. The molecule has 0 saturated carbocycles. The molecule has 0 bridgehead atoms. The van der Waals surface area contributed by atoms with Crippen molar-refractivity contribution in [2.24, 2.45) is 11.7 Å². The smallest absolute Gasteiger partial charge is 0.270 e. The first-order valence-electron chi connectivity index (χ1n) is 10.6. The van der Waals surface area contributed by atoms with Gasteiger partial charge in [0.1, 0.15) is 10.8 Å². The first-order valence-corrected chi connectivity index (χ1v) is 11.8. The molecule has 4 rings (SSSR count). The lowest BCUT2D eigenvalue weighted by Crippen LogP contribution is -2.53. The number of halogens is 1. The number of nitrogens with one attached hydrogen (secondary N) is 1. The largest absolute Gasteiger partial charge is 0.476 e. The molecule has 0 spiro atoms. The van der Waals surface area contributed by atoms with Crippen LogP contribution in [0.1, 0.15) is 54.4 Å². The van der Waals surface area contributed by atoms with Crippen LogP contribution in [0.2, 0.25) is 5.02 Å². The SMILES string of the molecule is CC1CCc2c(sc(NC(=O)CCN3C(=O)C(C)(C)Oc4ccc(Cl)cc43)c2C(N)=O)C1. The summed E-state index contributed by atoms with van der Waals surface area (Å²) in [5, 5.41) is 3.83. The van der Waals surface area contributed by atoms with Gasteiger partial charge >= 0.3 is 0 Å². The van der Waals surface area contributed by atoms with Crippen LogP contribution in [0.15, 0.2) is 18.2 Å². The molecule has 1 unspecified atom stereocenters. The van der Waals surface area contributed by atoms with Crippen molar-refractivity contribution in [1.82, 2.24) is 0 Å². The van der Waals surface area contributed by atoms with E-state index in [4.69, 9.17) is 22.1 Å². The van der Waals surface area contributed by atoms with Gasteiger partial charge in [0.25, 0.3) is 11.8 Å². The van der Waals surface area contributed by atoms with E-state index >= 15 is 0 Å². The molecule has 2 aliphatic rings. The number of amides is 3. The second-order valence-electron chi connectivity index (χ2n) is 8.90. The topological polar surface area (TPSA) is 102 Å². The van der Waals surface area contributed by atoms with E-state index in [0.29, 0.717) is 32.9 Å². The van der Waals surface area contributed by atoms with Gasteiger partial charge in [-0.2, -0.15) is 0 Å². The second kappa shape index (κ2) is 8.41.